The van der Waals surface area contributed by atoms with Gasteiger partial charge in [-0.25, -0.2) is 0 Å². The number of ether oxygens (including phenoxy) is 2. The Bertz CT molecular complexity index is 456. The molecule has 1 aromatic carbocycles. The topological polar surface area (TPSA) is 30.8 Å². The number of para-hydroxylation sites is 2. The van der Waals surface area contributed by atoms with Gasteiger partial charge in [-0.05, 0) is 24.0 Å². The van der Waals surface area contributed by atoms with Crippen molar-refractivity contribution in [1.29, 1.82) is 0 Å². The third-order valence-electron chi connectivity index (χ3n) is 2.28. The van der Waals surface area contributed by atoms with Gasteiger partial charge in [0.15, 0.2) is 17.6 Å². The fraction of sp³-hybridized carbons (Fsp3) is 0.308. The summed E-state index contributed by atoms with van der Waals surface area (Å²) in [6.07, 6.45) is -0.142. The number of allylic oxidation sites excluding steroid dienone is 1. The van der Waals surface area contributed by atoms with Crippen LogP contribution in [0.1, 0.15) is 6.92 Å². The number of fused-ring (bicyclic) bond motifs is 1. The summed E-state index contributed by atoms with van der Waals surface area (Å²) < 4.78 is 11.5. The van der Waals surface area contributed by atoms with Gasteiger partial charge in [0.25, 0.3) is 0 Å². The van der Waals surface area contributed by atoms with Gasteiger partial charge in [-0.1, -0.05) is 30.5 Å². The Kier molecular flexibility index (Phi) is 3.74. The van der Waals surface area contributed by atoms with E-state index in [2.05, 4.69) is 11.6 Å². The highest BCUT2D eigenvalue weighted by Crippen LogP contribution is 2.32. The van der Waals surface area contributed by atoms with Crippen LogP contribution in [0.3, 0.4) is 0 Å². The SMILES string of the molecule is C=C(C)S/C(=N\C)C1COc2ccccc2O1. The summed E-state index contributed by atoms with van der Waals surface area (Å²) in [6.45, 7) is 6.31. The molecule has 0 amide bonds. The smallest absolute Gasteiger partial charge is 0.180 e. The molecule has 0 spiro atoms. The number of hydrogen-bond donors (Lipinski definition) is 0. The summed E-state index contributed by atoms with van der Waals surface area (Å²) in [4.78, 5) is 5.23. The van der Waals surface area contributed by atoms with Gasteiger partial charge in [-0.15, -0.1) is 0 Å². The number of rotatable bonds is 2. The molecule has 1 atom stereocenters. The predicted octanol–water partition coefficient (Wildman–Crippen LogP) is 3.12. The van der Waals surface area contributed by atoms with Gasteiger partial charge in [0.1, 0.15) is 11.7 Å². The standard InChI is InChI=1S/C13H15NO2S/c1-9(2)17-13(14-3)12-8-15-10-6-4-5-7-11(10)16-12/h4-7,12H,1,8H2,2-3H3/b14-13-. The van der Waals surface area contributed by atoms with Gasteiger partial charge in [-0.2, -0.15) is 0 Å². The van der Waals surface area contributed by atoms with Crippen LogP contribution in [0.5, 0.6) is 11.5 Å². The third-order valence-corrected chi connectivity index (χ3v) is 3.29. The lowest BCUT2D eigenvalue weighted by atomic mass is 10.3. The molecular formula is C13H15NO2S. The number of benzene rings is 1. The van der Waals surface area contributed by atoms with E-state index < -0.39 is 0 Å². The van der Waals surface area contributed by atoms with Gasteiger partial charge in [0, 0.05) is 7.05 Å². The second kappa shape index (κ2) is 5.27. The maximum absolute atomic E-state index is 5.87. The summed E-state index contributed by atoms with van der Waals surface area (Å²) in [5, 5.41) is 0.895. The molecule has 2 rings (SSSR count). The zero-order valence-corrected chi connectivity index (χ0v) is 10.8. The molecule has 0 radical (unpaired) electrons. The number of hydrogen-bond acceptors (Lipinski definition) is 4. The van der Waals surface area contributed by atoms with Crippen molar-refractivity contribution in [3.05, 3.63) is 35.7 Å². The molecule has 0 bridgehead atoms. The monoisotopic (exact) mass is 249 g/mol. The van der Waals surface area contributed by atoms with Crippen molar-refractivity contribution in [2.75, 3.05) is 13.7 Å². The van der Waals surface area contributed by atoms with E-state index in [0.29, 0.717) is 6.61 Å². The second-order valence-corrected chi connectivity index (χ2v) is 5.05. The first-order valence-corrected chi connectivity index (χ1v) is 6.21. The Balaban J connectivity index is 2.14. The fourth-order valence-corrected chi connectivity index (χ4v) is 2.27. The van der Waals surface area contributed by atoms with Gasteiger partial charge < -0.3 is 9.47 Å². The minimum atomic E-state index is -0.142. The zero-order chi connectivity index (χ0) is 12.3. The molecule has 3 nitrogen and oxygen atoms in total. The lowest BCUT2D eigenvalue weighted by Gasteiger charge is -2.27. The summed E-state index contributed by atoms with van der Waals surface area (Å²) in [5.41, 5.74) is 0. The molecule has 0 saturated carbocycles. The quantitative estimate of drug-likeness (QED) is 0.596. The van der Waals surface area contributed by atoms with Crippen molar-refractivity contribution < 1.29 is 9.47 Å². The molecular weight excluding hydrogens is 234 g/mol. The lowest BCUT2D eigenvalue weighted by molar-refractivity contribution is 0.137. The van der Waals surface area contributed by atoms with Crippen LogP contribution in [0.25, 0.3) is 0 Å². The van der Waals surface area contributed by atoms with Gasteiger partial charge in [-0.3, -0.25) is 4.99 Å². The highest BCUT2D eigenvalue weighted by molar-refractivity contribution is 8.17. The van der Waals surface area contributed by atoms with Crippen LogP contribution in [0.2, 0.25) is 0 Å². The number of nitrogens with zero attached hydrogens (tertiary/aromatic N) is 1. The predicted molar refractivity (Wildman–Crippen MR) is 72.1 cm³/mol. The van der Waals surface area contributed by atoms with E-state index in [-0.39, 0.29) is 6.10 Å². The fourth-order valence-electron chi connectivity index (χ4n) is 1.58. The molecule has 90 valence electrons. The van der Waals surface area contributed by atoms with E-state index in [1.165, 1.54) is 11.8 Å². The van der Waals surface area contributed by atoms with Crippen LogP contribution in [0.15, 0.2) is 40.7 Å². The normalized spacial score (nSPS) is 18.9. The first-order chi connectivity index (χ1) is 8.20. The van der Waals surface area contributed by atoms with Crippen molar-refractivity contribution in [3.8, 4) is 11.5 Å². The lowest BCUT2D eigenvalue weighted by Crippen LogP contribution is -2.35. The van der Waals surface area contributed by atoms with Crippen LogP contribution >= 0.6 is 11.8 Å². The Morgan fingerprint density at radius 2 is 2.12 bits per heavy atom. The molecule has 0 saturated heterocycles. The van der Waals surface area contributed by atoms with Gasteiger partial charge in [0.05, 0.1) is 0 Å². The van der Waals surface area contributed by atoms with Crippen LogP contribution in [-0.2, 0) is 0 Å². The molecule has 4 heteroatoms. The van der Waals surface area contributed by atoms with Crippen molar-refractivity contribution in [1.82, 2.24) is 0 Å². The second-order valence-electron chi connectivity index (χ2n) is 3.73. The minimum Gasteiger partial charge on any atom is -0.485 e. The van der Waals surface area contributed by atoms with Crippen molar-refractivity contribution in [2.24, 2.45) is 4.99 Å². The van der Waals surface area contributed by atoms with E-state index in [4.69, 9.17) is 9.47 Å². The van der Waals surface area contributed by atoms with E-state index in [1.807, 2.05) is 31.2 Å². The molecule has 1 unspecified atom stereocenters. The Morgan fingerprint density at radius 3 is 2.76 bits per heavy atom. The van der Waals surface area contributed by atoms with Gasteiger partial charge in [0.2, 0.25) is 0 Å². The molecule has 0 aliphatic carbocycles. The van der Waals surface area contributed by atoms with Crippen LogP contribution in [0.4, 0.5) is 0 Å². The van der Waals surface area contributed by atoms with Crippen molar-refractivity contribution >= 4 is 16.8 Å². The maximum Gasteiger partial charge on any atom is 0.180 e. The first kappa shape index (κ1) is 12.0. The van der Waals surface area contributed by atoms with E-state index in [1.54, 1.807) is 7.05 Å². The Labute approximate surface area is 106 Å². The largest absolute Gasteiger partial charge is 0.485 e. The van der Waals surface area contributed by atoms with E-state index in [0.717, 1.165) is 21.4 Å². The highest BCUT2D eigenvalue weighted by atomic mass is 32.2. The third kappa shape index (κ3) is 2.82. The van der Waals surface area contributed by atoms with Crippen LogP contribution in [0, 0.1) is 0 Å². The Hall–Kier alpha value is -1.42. The maximum atomic E-state index is 5.87. The van der Waals surface area contributed by atoms with E-state index >= 15 is 0 Å². The molecule has 17 heavy (non-hydrogen) atoms. The van der Waals surface area contributed by atoms with Crippen LogP contribution in [-0.4, -0.2) is 24.8 Å². The minimum absolute atomic E-state index is 0.142. The Morgan fingerprint density at radius 1 is 1.41 bits per heavy atom. The summed E-state index contributed by atoms with van der Waals surface area (Å²) in [6, 6.07) is 7.67. The summed E-state index contributed by atoms with van der Waals surface area (Å²) in [7, 11) is 1.76. The van der Waals surface area contributed by atoms with Gasteiger partial charge >= 0.3 is 0 Å². The summed E-state index contributed by atoms with van der Waals surface area (Å²) in [5.74, 6) is 1.56. The molecule has 1 heterocycles. The average Bonchev–Trinajstić information content (AvgIpc) is 2.35. The molecule has 0 aromatic heterocycles. The zero-order valence-electron chi connectivity index (χ0n) is 9.97. The van der Waals surface area contributed by atoms with E-state index in [9.17, 15) is 0 Å². The molecule has 0 fully saturated rings. The number of aliphatic imine (C=N–C) groups is 1. The molecule has 1 aliphatic rings. The summed E-state index contributed by atoms with van der Waals surface area (Å²) >= 11 is 1.53. The van der Waals surface area contributed by atoms with Crippen molar-refractivity contribution in [3.63, 3.8) is 0 Å². The average molecular weight is 249 g/mol. The molecule has 1 aromatic rings. The van der Waals surface area contributed by atoms with Crippen molar-refractivity contribution in [2.45, 2.75) is 13.0 Å². The molecule has 1 aliphatic heterocycles. The highest BCUT2D eigenvalue weighted by Gasteiger charge is 2.25. The number of thioether (sulfide) groups is 1. The first-order valence-electron chi connectivity index (χ1n) is 5.39. The van der Waals surface area contributed by atoms with Crippen LogP contribution < -0.4 is 9.47 Å². The molecule has 0 N–H and O–H groups in total.